The number of morpholine rings is 1. The maximum absolute atomic E-state index is 12.2. The zero-order valence-corrected chi connectivity index (χ0v) is 14.3. The zero-order chi connectivity index (χ0) is 15.9. The zero-order valence-electron chi connectivity index (χ0n) is 13.5. The lowest BCUT2D eigenvalue weighted by Gasteiger charge is -2.25. The topological polar surface area (TPSA) is 63.7 Å². The predicted octanol–water partition coefficient (Wildman–Crippen LogP) is 1.58. The Morgan fingerprint density at radius 2 is 2.50 bits per heavy atom. The summed E-state index contributed by atoms with van der Waals surface area (Å²) < 4.78 is 10.9. The molecule has 1 saturated heterocycles. The van der Waals surface area contributed by atoms with E-state index in [9.17, 15) is 4.79 Å². The number of nitrogens with one attached hydrogen (secondary N) is 1. The smallest absolute Gasteiger partial charge is 0.224 e. The second-order valence-corrected chi connectivity index (χ2v) is 6.34. The van der Waals surface area contributed by atoms with Crippen LogP contribution in [0.3, 0.4) is 0 Å². The lowest BCUT2D eigenvalue weighted by atomic mass is 10.2. The second-order valence-electron chi connectivity index (χ2n) is 5.45. The number of nitrogens with zero attached hydrogens (tertiary/aromatic N) is 2. The minimum absolute atomic E-state index is 0.00773. The quantitative estimate of drug-likeness (QED) is 0.824. The molecule has 2 unspecified atom stereocenters. The number of thiazole rings is 1. The normalized spacial score (nSPS) is 19.9. The van der Waals surface area contributed by atoms with Gasteiger partial charge in [0.15, 0.2) is 0 Å². The summed E-state index contributed by atoms with van der Waals surface area (Å²) in [5.74, 6) is 0.107. The Hall–Kier alpha value is -1.02. The highest BCUT2D eigenvalue weighted by Crippen LogP contribution is 2.21. The molecule has 1 fully saturated rings. The van der Waals surface area contributed by atoms with E-state index < -0.39 is 0 Å². The minimum Gasteiger partial charge on any atom is -0.378 e. The fraction of sp³-hybridized carbons (Fsp3) is 0.733. The van der Waals surface area contributed by atoms with Gasteiger partial charge in [0.1, 0.15) is 11.1 Å². The van der Waals surface area contributed by atoms with Gasteiger partial charge < -0.3 is 19.7 Å². The van der Waals surface area contributed by atoms with E-state index in [1.807, 2.05) is 26.3 Å². The monoisotopic (exact) mass is 327 g/mol. The molecule has 1 aliphatic heterocycles. The molecular formula is C15H25N3O3S. The summed E-state index contributed by atoms with van der Waals surface area (Å²) in [6, 6.07) is 0.118. The Balaban J connectivity index is 1.82. The van der Waals surface area contributed by atoms with Crippen molar-refractivity contribution in [3.8, 4) is 0 Å². The molecule has 2 rings (SSSR count). The van der Waals surface area contributed by atoms with Crippen LogP contribution in [0.5, 0.6) is 0 Å². The molecule has 0 bridgehead atoms. The first-order chi connectivity index (χ1) is 10.6. The number of carbonyl (C=O) groups excluding carboxylic acids is 1. The van der Waals surface area contributed by atoms with E-state index in [2.05, 4.69) is 10.3 Å². The van der Waals surface area contributed by atoms with Crippen LogP contribution in [-0.4, -0.2) is 55.2 Å². The molecule has 0 radical (unpaired) electrons. The van der Waals surface area contributed by atoms with Gasteiger partial charge in [-0.25, -0.2) is 4.98 Å². The summed E-state index contributed by atoms with van der Waals surface area (Å²) >= 11 is 1.58. The molecule has 124 valence electrons. The lowest BCUT2D eigenvalue weighted by molar-refractivity contribution is -0.131. The van der Waals surface area contributed by atoms with Crippen molar-refractivity contribution >= 4 is 17.2 Å². The highest BCUT2D eigenvalue weighted by molar-refractivity contribution is 7.09. The van der Waals surface area contributed by atoms with Crippen LogP contribution in [0.4, 0.5) is 0 Å². The molecule has 1 aromatic heterocycles. The Morgan fingerprint density at radius 3 is 3.18 bits per heavy atom. The molecule has 1 amide bonds. The number of hydrogen-bond acceptors (Lipinski definition) is 6. The van der Waals surface area contributed by atoms with Crippen molar-refractivity contribution in [2.24, 2.45) is 0 Å². The summed E-state index contributed by atoms with van der Waals surface area (Å²) in [5, 5.41) is 6.25. The van der Waals surface area contributed by atoms with Gasteiger partial charge in [0, 0.05) is 38.0 Å². The van der Waals surface area contributed by atoms with Crippen LogP contribution in [0.15, 0.2) is 5.38 Å². The highest BCUT2D eigenvalue weighted by Gasteiger charge is 2.20. The van der Waals surface area contributed by atoms with E-state index in [1.165, 1.54) is 0 Å². The molecule has 1 aliphatic rings. The molecule has 22 heavy (non-hydrogen) atoms. The largest absolute Gasteiger partial charge is 0.378 e. The van der Waals surface area contributed by atoms with Crippen molar-refractivity contribution < 1.29 is 14.3 Å². The van der Waals surface area contributed by atoms with E-state index in [4.69, 9.17) is 9.47 Å². The third kappa shape index (κ3) is 5.01. The Labute approximate surface area is 135 Å². The highest BCUT2D eigenvalue weighted by atomic mass is 32.1. The van der Waals surface area contributed by atoms with Crippen molar-refractivity contribution in [2.75, 3.05) is 33.4 Å². The van der Waals surface area contributed by atoms with Gasteiger partial charge in [-0.1, -0.05) is 0 Å². The number of hydrogen-bond donors (Lipinski definition) is 1. The molecule has 1 N–H and O–H groups in total. The molecule has 0 aromatic carbocycles. The molecule has 0 spiro atoms. The molecule has 1 aromatic rings. The number of ether oxygens (including phenoxy) is 2. The molecule has 2 atom stereocenters. The number of rotatable bonds is 7. The average molecular weight is 327 g/mol. The molecule has 6 nitrogen and oxygen atoms in total. The fourth-order valence-corrected chi connectivity index (χ4v) is 3.17. The Morgan fingerprint density at radius 1 is 1.68 bits per heavy atom. The van der Waals surface area contributed by atoms with Crippen LogP contribution < -0.4 is 5.32 Å². The summed E-state index contributed by atoms with van der Waals surface area (Å²) in [4.78, 5) is 18.5. The first kappa shape index (κ1) is 17.3. The van der Waals surface area contributed by atoms with E-state index in [0.29, 0.717) is 26.2 Å². The van der Waals surface area contributed by atoms with Gasteiger partial charge in [-0.2, -0.15) is 0 Å². The van der Waals surface area contributed by atoms with Crippen LogP contribution >= 0.6 is 11.3 Å². The SMILES string of the molecule is CCOC(C)c1nc(CN(C)C(=O)CC2COCCN2)cs1. The molecular weight excluding hydrogens is 302 g/mol. The van der Waals surface area contributed by atoms with Crippen LogP contribution in [0.1, 0.15) is 37.1 Å². The van der Waals surface area contributed by atoms with E-state index in [0.717, 1.165) is 23.9 Å². The van der Waals surface area contributed by atoms with Gasteiger partial charge in [-0.15, -0.1) is 11.3 Å². The fourth-order valence-electron chi connectivity index (χ4n) is 2.35. The van der Waals surface area contributed by atoms with Crippen LogP contribution in [-0.2, 0) is 20.8 Å². The Kier molecular flexibility index (Phi) is 6.75. The third-order valence-corrected chi connectivity index (χ3v) is 4.63. The number of carbonyl (C=O) groups is 1. The van der Waals surface area contributed by atoms with Gasteiger partial charge in [-0.05, 0) is 13.8 Å². The Bertz CT molecular complexity index is 474. The standard InChI is InChI=1S/C15H25N3O3S/c1-4-21-11(2)15-17-13(10-22-15)8-18(3)14(19)7-12-9-20-6-5-16-12/h10-12,16H,4-9H2,1-3H3. The molecule has 2 heterocycles. The third-order valence-electron chi connectivity index (χ3n) is 3.58. The van der Waals surface area contributed by atoms with Gasteiger partial charge in [-0.3, -0.25) is 4.79 Å². The summed E-state index contributed by atoms with van der Waals surface area (Å²) in [6.07, 6.45) is 0.469. The van der Waals surface area contributed by atoms with E-state index >= 15 is 0 Å². The summed E-state index contributed by atoms with van der Waals surface area (Å²) in [5.41, 5.74) is 0.912. The van der Waals surface area contributed by atoms with E-state index in [-0.39, 0.29) is 18.1 Å². The first-order valence-corrected chi connectivity index (χ1v) is 8.59. The van der Waals surface area contributed by atoms with Gasteiger partial charge >= 0.3 is 0 Å². The van der Waals surface area contributed by atoms with Gasteiger partial charge in [0.25, 0.3) is 0 Å². The van der Waals surface area contributed by atoms with Gasteiger partial charge in [0.2, 0.25) is 5.91 Å². The van der Waals surface area contributed by atoms with E-state index in [1.54, 1.807) is 16.2 Å². The second kappa shape index (κ2) is 8.57. The van der Waals surface area contributed by atoms with Crippen molar-refractivity contribution in [1.82, 2.24) is 15.2 Å². The molecule has 0 aliphatic carbocycles. The first-order valence-electron chi connectivity index (χ1n) is 7.71. The maximum atomic E-state index is 12.2. The van der Waals surface area contributed by atoms with Crippen LogP contribution in [0.2, 0.25) is 0 Å². The maximum Gasteiger partial charge on any atom is 0.224 e. The van der Waals surface area contributed by atoms with Crippen LogP contribution in [0.25, 0.3) is 0 Å². The van der Waals surface area contributed by atoms with Crippen LogP contribution in [0, 0.1) is 0 Å². The lowest BCUT2D eigenvalue weighted by Crippen LogP contribution is -2.44. The minimum atomic E-state index is 0.00773. The average Bonchev–Trinajstić information content (AvgIpc) is 2.97. The number of amides is 1. The summed E-state index contributed by atoms with van der Waals surface area (Å²) in [7, 11) is 1.82. The van der Waals surface area contributed by atoms with Gasteiger partial charge in [0.05, 0.1) is 25.5 Å². The van der Waals surface area contributed by atoms with Crippen molar-refractivity contribution in [3.05, 3.63) is 16.1 Å². The molecule has 0 saturated carbocycles. The summed E-state index contributed by atoms with van der Waals surface area (Å²) in [6.45, 7) is 7.31. The predicted molar refractivity (Wildman–Crippen MR) is 85.9 cm³/mol. The number of aromatic nitrogens is 1. The molecule has 7 heteroatoms. The van der Waals surface area contributed by atoms with Crippen molar-refractivity contribution in [3.63, 3.8) is 0 Å². The van der Waals surface area contributed by atoms with Crippen molar-refractivity contribution in [2.45, 2.75) is 39.0 Å². The van der Waals surface area contributed by atoms with Crippen molar-refractivity contribution in [1.29, 1.82) is 0 Å².